The van der Waals surface area contributed by atoms with Crippen LogP contribution < -0.4 is 10.1 Å². The first-order valence-corrected chi connectivity index (χ1v) is 6.89. The van der Waals surface area contributed by atoms with Crippen molar-refractivity contribution in [2.45, 2.75) is 40.0 Å². The molecule has 3 nitrogen and oxygen atoms in total. The first kappa shape index (κ1) is 15.7. The summed E-state index contributed by atoms with van der Waals surface area (Å²) in [6, 6.07) is 4.30. The van der Waals surface area contributed by atoms with E-state index in [0.29, 0.717) is 6.42 Å². The van der Waals surface area contributed by atoms with Crippen molar-refractivity contribution in [3.8, 4) is 5.75 Å². The number of carbonyl (C=O) groups excluding carboxylic acids is 1. The first-order chi connectivity index (χ1) is 9.04. The molecule has 0 aliphatic carbocycles. The lowest BCUT2D eigenvalue weighted by Gasteiger charge is -2.12. The van der Waals surface area contributed by atoms with Crippen LogP contribution in [0.1, 0.15) is 36.5 Å². The molecule has 0 fully saturated rings. The van der Waals surface area contributed by atoms with Crippen molar-refractivity contribution in [1.29, 1.82) is 0 Å². The number of ether oxygens (including phenoxy) is 1. The zero-order valence-electron chi connectivity index (χ0n) is 12.5. The van der Waals surface area contributed by atoms with Gasteiger partial charge in [0.05, 0.1) is 7.11 Å². The number of benzene rings is 1. The summed E-state index contributed by atoms with van der Waals surface area (Å²) in [4.78, 5) is 10.8. The molecule has 0 amide bonds. The number of rotatable bonds is 8. The molecule has 0 aliphatic heterocycles. The largest absolute Gasteiger partial charge is 0.496 e. The van der Waals surface area contributed by atoms with Gasteiger partial charge in [-0.25, -0.2) is 0 Å². The van der Waals surface area contributed by atoms with Crippen LogP contribution in [0.5, 0.6) is 5.75 Å². The Labute approximate surface area is 116 Å². The highest BCUT2D eigenvalue weighted by Gasteiger charge is 2.05. The molecule has 19 heavy (non-hydrogen) atoms. The Morgan fingerprint density at radius 3 is 2.53 bits per heavy atom. The van der Waals surface area contributed by atoms with Crippen molar-refractivity contribution in [2.24, 2.45) is 0 Å². The summed E-state index contributed by atoms with van der Waals surface area (Å²) in [5.74, 6) is 1.23. The average Bonchev–Trinajstić information content (AvgIpc) is 2.36. The summed E-state index contributed by atoms with van der Waals surface area (Å²) < 4.78 is 5.42. The van der Waals surface area contributed by atoms with E-state index in [2.05, 4.69) is 31.3 Å². The fourth-order valence-electron chi connectivity index (χ4n) is 2.05. The molecule has 0 unspecified atom stereocenters. The second-order valence-electron chi connectivity index (χ2n) is 5.05. The molecule has 0 saturated heterocycles. The molecular weight excluding hydrogens is 238 g/mol. The minimum absolute atomic E-state index is 0.262. The Kier molecular flexibility index (Phi) is 6.57. The molecule has 3 heteroatoms. The van der Waals surface area contributed by atoms with E-state index in [1.165, 1.54) is 16.7 Å². The normalized spacial score (nSPS) is 10.5. The molecule has 0 heterocycles. The third-order valence-corrected chi connectivity index (χ3v) is 3.35. The summed E-state index contributed by atoms with van der Waals surface area (Å²) >= 11 is 0. The number of hydrogen-bond donors (Lipinski definition) is 1. The number of Topliss-reactive ketones (excluding diaryl/α,β-unsaturated/α-hetero) is 1. The van der Waals surface area contributed by atoms with Gasteiger partial charge < -0.3 is 14.8 Å². The van der Waals surface area contributed by atoms with E-state index in [-0.39, 0.29) is 5.78 Å². The van der Waals surface area contributed by atoms with Crippen LogP contribution in [0.2, 0.25) is 0 Å². The lowest BCUT2D eigenvalue weighted by Crippen LogP contribution is -2.19. The van der Waals surface area contributed by atoms with Gasteiger partial charge in [-0.2, -0.15) is 0 Å². The van der Waals surface area contributed by atoms with Crippen LogP contribution in [0.25, 0.3) is 0 Å². The molecule has 0 atom stereocenters. The molecule has 1 N–H and O–H groups in total. The topological polar surface area (TPSA) is 38.3 Å². The molecule has 0 spiro atoms. The van der Waals surface area contributed by atoms with Gasteiger partial charge in [0, 0.05) is 6.42 Å². The highest BCUT2D eigenvalue weighted by Crippen LogP contribution is 2.23. The van der Waals surface area contributed by atoms with Crippen LogP contribution in [0.3, 0.4) is 0 Å². The summed E-state index contributed by atoms with van der Waals surface area (Å²) in [5.41, 5.74) is 3.80. The van der Waals surface area contributed by atoms with Crippen LogP contribution in [-0.2, 0) is 11.2 Å². The number of methoxy groups -OCH3 is 1. The van der Waals surface area contributed by atoms with Crippen molar-refractivity contribution in [1.82, 2.24) is 5.32 Å². The number of aryl methyl sites for hydroxylation is 2. The number of hydrogen-bond acceptors (Lipinski definition) is 3. The molecule has 0 aliphatic rings. The van der Waals surface area contributed by atoms with Crippen molar-refractivity contribution in [3.05, 3.63) is 28.8 Å². The summed E-state index contributed by atoms with van der Waals surface area (Å²) in [7, 11) is 1.72. The highest BCUT2D eigenvalue weighted by atomic mass is 16.5. The zero-order valence-corrected chi connectivity index (χ0v) is 12.5. The second-order valence-corrected chi connectivity index (χ2v) is 5.05. The second kappa shape index (κ2) is 7.95. The lowest BCUT2D eigenvalue weighted by atomic mass is 10.0. The van der Waals surface area contributed by atoms with Gasteiger partial charge in [-0.3, -0.25) is 0 Å². The molecule has 0 bridgehead atoms. The van der Waals surface area contributed by atoms with Gasteiger partial charge in [0.15, 0.2) is 0 Å². The number of ketones is 1. The lowest BCUT2D eigenvalue weighted by molar-refractivity contribution is -0.117. The predicted octanol–water partition coefficient (Wildman–Crippen LogP) is 2.81. The van der Waals surface area contributed by atoms with Crippen LogP contribution in [-0.4, -0.2) is 26.0 Å². The van der Waals surface area contributed by atoms with Gasteiger partial charge >= 0.3 is 0 Å². The molecule has 0 saturated carbocycles. The minimum Gasteiger partial charge on any atom is -0.496 e. The molecule has 1 aromatic carbocycles. The van der Waals surface area contributed by atoms with Crippen LogP contribution >= 0.6 is 0 Å². The van der Waals surface area contributed by atoms with Crippen molar-refractivity contribution >= 4 is 5.78 Å². The Morgan fingerprint density at radius 2 is 1.89 bits per heavy atom. The van der Waals surface area contributed by atoms with Crippen LogP contribution in [0.15, 0.2) is 12.1 Å². The quantitative estimate of drug-likeness (QED) is 0.733. The van der Waals surface area contributed by atoms with E-state index in [4.69, 9.17) is 4.74 Å². The molecular formula is C16H25NO2. The van der Waals surface area contributed by atoms with Gasteiger partial charge in [0.25, 0.3) is 0 Å². The summed E-state index contributed by atoms with van der Waals surface area (Å²) in [6.07, 6.45) is 2.53. The molecule has 0 radical (unpaired) electrons. The van der Waals surface area contributed by atoms with Gasteiger partial charge in [-0.1, -0.05) is 6.07 Å². The van der Waals surface area contributed by atoms with E-state index in [1.54, 1.807) is 14.0 Å². The molecule has 1 rings (SSSR count). The SMILES string of the molecule is COc1cc(C)c(C)cc1CCNCCCC(C)=O. The summed E-state index contributed by atoms with van der Waals surface area (Å²) in [6.45, 7) is 7.67. The number of carbonyl (C=O) groups is 1. The molecule has 1 aromatic rings. The van der Waals surface area contributed by atoms with Crippen molar-refractivity contribution in [2.75, 3.05) is 20.2 Å². The minimum atomic E-state index is 0.262. The fraction of sp³-hybridized carbons (Fsp3) is 0.562. The van der Waals surface area contributed by atoms with E-state index in [0.717, 1.165) is 31.7 Å². The van der Waals surface area contributed by atoms with Gasteiger partial charge in [-0.05, 0) is 69.5 Å². The maximum Gasteiger partial charge on any atom is 0.129 e. The fourth-order valence-corrected chi connectivity index (χ4v) is 2.05. The van der Waals surface area contributed by atoms with Crippen molar-refractivity contribution < 1.29 is 9.53 Å². The molecule has 106 valence electrons. The standard InChI is InChI=1S/C16H25NO2/c1-12-10-15(16(19-4)11-13(12)2)7-9-17-8-5-6-14(3)18/h10-11,17H,5-9H2,1-4H3. The third-order valence-electron chi connectivity index (χ3n) is 3.35. The van der Waals surface area contributed by atoms with Crippen LogP contribution in [0.4, 0.5) is 0 Å². The Bertz CT molecular complexity index is 427. The predicted molar refractivity (Wildman–Crippen MR) is 79.0 cm³/mol. The van der Waals surface area contributed by atoms with E-state index < -0.39 is 0 Å². The van der Waals surface area contributed by atoms with E-state index in [1.807, 2.05) is 0 Å². The first-order valence-electron chi connectivity index (χ1n) is 6.89. The third kappa shape index (κ3) is 5.43. The average molecular weight is 263 g/mol. The summed E-state index contributed by atoms with van der Waals surface area (Å²) in [5, 5.41) is 3.37. The van der Waals surface area contributed by atoms with Gasteiger partial charge in [0.2, 0.25) is 0 Å². The Hall–Kier alpha value is -1.35. The molecule has 0 aromatic heterocycles. The number of nitrogens with one attached hydrogen (secondary N) is 1. The highest BCUT2D eigenvalue weighted by molar-refractivity contribution is 5.75. The Balaban J connectivity index is 2.40. The van der Waals surface area contributed by atoms with Crippen molar-refractivity contribution in [3.63, 3.8) is 0 Å². The van der Waals surface area contributed by atoms with E-state index >= 15 is 0 Å². The maximum absolute atomic E-state index is 10.8. The van der Waals surface area contributed by atoms with Gasteiger partial charge in [-0.15, -0.1) is 0 Å². The zero-order chi connectivity index (χ0) is 14.3. The maximum atomic E-state index is 10.8. The monoisotopic (exact) mass is 263 g/mol. The van der Waals surface area contributed by atoms with Gasteiger partial charge in [0.1, 0.15) is 11.5 Å². The van der Waals surface area contributed by atoms with E-state index in [9.17, 15) is 4.79 Å². The Morgan fingerprint density at radius 1 is 1.21 bits per heavy atom. The smallest absolute Gasteiger partial charge is 0.129 e. The van der Waals surface area contributed by atoms with Crippen LogP contribution in [0, 0.1) is 13.8 Å².